The molecule has 1 unspecified atom stereocenters. The second-order valence-corrected chi connectivity index (χ2v) is 5.43. The van der Waals surface area contributed by atoms with E-state index < -0.39 is 23.9 Å². The number of carbonyl (C=O) groups is 3. The second-order valence-electron chi connectivity index (χ2n) is 4.51. The van der Waals surface area contributed by atoms with Crippen molar-refractivity contribution in [3.63, 3.8) is 0 Å². The van der Waals surface area contributed by atoms with E-state index in [0.29, 0.717) is 5.69 Å². The normalized spacial score (nSPS) is 11.5. The predicted molar refractivity (Wildman–Crippen MR) is 80.9 cm³/mol. The van der Waals surface area contributed by atoms with Crippen LogP contribution in [0.25, 0.3) is 0 Å². The number of aliphatic carboxylic acids is 1. The third kappa shape index (κ3) is 6.26. The maximum atomic E-state index is 11.8. The minimum atomic E-state index is -1.23. The van der Waals surface area contributed by atoms with Crippen molar-refractivity contribution in [1.29, 1.82) is 0 Å². The Morgan fingerprint density at radius 3 is 2.52 bits per heavy atom. The summed E-state index contributed by atoms with van der Waals surface area (Å²) in [5.41, 5.74) is 6.42. The minimum absolute atomic E-state index is 0.0599. The highest BCUT2D eigenvalue weighted by atomic mass is 79.9. The summed E-state index contributed by atoms with van der Waals surface area (Å²) in [6.07, 6.45) is -0.178. The summed E-state index contributed by atoms with van der Waals surface area (Å²) in [4.78, 5) is 33.5. The molecule has 0 aliphatic carbocycles. The van der Waals surface area contributed by atoms with Crippen LogP contribution in [0.1, 0.15) is 18.4 Å². The van der Waals surface area contributed by atoms with Gasteiger partial charge in [0, 0.05) is 16.6 Å². The van der Waals surface area contributed by atoms with Crippen molar-refractivity contribution in [1.82, 2.24) is 5.32 Å². The maximum Gasteiger partial charge on any atom is 0.326 e. The molecule has 0 spiro atoms. The van der Waals surface area contributed by atoms with E-state index in [1.165, 1.54) is 0 Å². The lowest BCUT2D eigenvalue weighted by Crippen LogP contribution is -2.43. The molecule has 1 atom stereocenters. The monoisotopic (exact) mass is 357 g/mol. The lowest BCUT2D eigenvalue weighted by atomic mass is 10.1. The first-order valence-corrected chi connectivity index (χ1v) is 6.93. The molecule has 0 radical (unpaired) electrons. The summed E-state index contributed by atoms with van der Waals surface area (Å²) >= 11 is 3.30. The predicted octanol–water partition coefficient (Wildman–Crippen LogP) is 1.60. The SMILES string of the molecule is Cc1cc(Br)cc(NC(=O)NC(CCC(N)=O)C(=O)O)c1. The van der Waals surface area contributed by atoms with Gasteiger partial charge in [-0.1, -0.05) is 15.9 Å². The first-order chi connectivity index (χ1) is 9.77. The zero-order chi connectivity index (χ0) is 16.0. The van der Waals surface area contributed by atoms with Crippen LogP contribution in [0.15, 0.2) is 22.7 Å². The van der Waals surface area contributed by atoms with E-state index in [4.69, 9.17) is 10.8 Å². The third-order valence-corrected chi connectivity index (χ3v) is 3.04. The number of aryl methyl sites for hydroxylation is 1. The Balaban J connectivity index is 2.65. The number of carbonyl (C=O) groups excluding carboxylic acids is 2. The van der Waals surface area contributed by atoms with Gasteiger partial charge in [0.15, 0.2) is 0 Å². The van der Waals surface area contributed by atoms with Gasteiger partial charge < -0.3 is 21.5 Å². The number of carboxylic acid groups (broad SMARTS) is 1. The fraction of sp³-hybridized carbons (Fsp3) is 0.308. The number of nitrogens with two attached hydrogens (primary N) is 1. The van der Waals surface area contributed by atoms with Gasteiger partial charge in [-0.05, 0) is 37.1 Å². The average Bonchev–Trinajstić information content (AvgIpc) is 2.32. The third-order valence-electron chi connectivity index (χ3n) is 2.58. The van der Waals surface area contributed by atoms with Gasteiger partial charge in [0.05, 0.1) is 0 Å². The molecule has 3 amide bonds. The molecule has 0 bridgehead atoms. The largest absolute Gasteiger partial charge is 0.480 e. The molecule has 0 aliphatic heterocycles. The van der Waals surface area contributed by atoms with Crippen LogP contribution in [0.5, 0.6) is 0 Å². The summed E-state index contributed by atoms with van der Waals surface area (Å²) in [7, 11) is 0. The van der Waals surface area contributed by atoms with Gasteiger partial charge in [0.1, 0.15) is 6.04 Å². The summed E-state index contributed by atoms with van der Waals surface area (Å²) in [6.45, 7) is 1.86. The molecule has 0 aromatic heterocycles. The van der Waals surface area contributed by atoms with Crippen LogP contribution in [0, 0.1) is 6.92 Å². The molecular formula is C13H16BrN3O4. The molecule has 0 saturated heterocycles. The summed E-state index contributed by atoms with van der Waals surface area (Å²) in [5, 5.41) is 13.8. The van der Waals surface area contributed by atoms with E-state index in [9.17, 15) is 14.4 Å². The van der Waals surface area contributed by atoms with E-state index in [2.05, 4.69) is 26.6 Å². The van der Waals surface area contributed by atoms with Gasteiger partial charge in [0.25, 0.3) is 0 Å². The van der Waals surface area contributed by atoms with Crippen LogP contribution in [-0.4, -0.2) is 29.1 Å². The van der Waals surface area contributed by atoms with E-state index >= 15 is 0 Å². The van der Waals surface area contributed by atoms with Gasteiger partial charge in [-0.2, -0.15) is 0 Å². The van der Waals surface area contributed by atoms with E-state index in [1.54, 1.807) is 12.1 Å². The average molecular weight is 358 g/mol. The van der Waals surface area contributed by atoms with Crippen LogP contribution >= 0.6 is 15.9 Å². The Morgan fingerprint density at radius 2 is 2.00 bits per heavy atom. The maximum absolute atomic E-state index is 11.8. The van der Waals surface area contributed by atoms with Crippen molar-refractivity contribution < 1.29 is 19.5 Å². The quantitative estimate of drug-likeness (QED) is 0.617. The Labute approximate surface area is 130 Å². The van der Waals surface area contributed by atoms with Crippen LogP contribution in [0.4, 0.5) is 10.5 Å². The minimum Gasteiger partial charge on any atom is -0.480 e. The zero-order valence-corrected chi connectivity index (χ0v) is 12.9. The Bertz CT molecular complexity index is 542. The molecule has 0 fully saturated rings. The number of halogens is 1. The lowest BCUT2D eigenvalue weighted by molar-refractivity contribution is -0.139. The van der Waals surface area contributed by atoms with E-state index in [0.717, 1.165) is 10.0 Å². The molecule has 1 aromatic rings. The summed E-state index contributed by atoms with van der Waals surface area (Å²) in [5.74, 6) is -1.84. The number of hydrogen-bond donors (Lipinski definition) is 4. The van der Waals surface area contributed by atoms with Crippen LogP contribution < -0.4 is 16.4 Å². The lowest BCUT2D eigenvalue weighted by Gasteiger charge is -2.14. The molecular weight excluding hydrogens is 342 g/mol. The van der Waals surface area contributed by atoms with E-state index in [-0.39, 0.29) is 12.8 Å². The molecule has 8 heteroatoms. The van der Waals surface area contributed by atoms with Gasteiger partial charge in [-0.3, -0.25) is 4.79 Å². The number of amides is 3. The number of urea groups is 1. The number of nitrogens with one attached hydrogen (secondary N) is 2. The smallest absolute Gasteiger partial charge is 0.326 e. The molecule has 0 saturated carbocycles. The molecule has 5 N–H and O–H groups in total. The van der Waals surface area contributed by atoms with Gasteiger partial charge in [-0.15, -0.1) is 0 Å². The van der Waals surface area contributed by atoms with Gasteiger partial charge in [0.2, 0.25) is 5.91 Å². The summed E-state index contributed by atoms with van der Waals surface area (Å²) in [6, 6.07) is 3.46. The zero-order valence-electron chi connectivity index (χ0n) is 11.4. The fourth-order valence-corrected chi connectivity index (χ4v) is 2.29. The van der Waals surface area contributed by atoms with Crippen molar-refractivity contribution in [2.75, 3.05) is 5.32 Å². The first kappa shape index (κ1) is 17.0. The number of benzene rings is 1. The standard InChI is InChI=1S/C13H16BrN3O4/c1-7-4-8(14)6-9(5-7)16-13(21)17-10(12(19)20)2-3-11(15)18/h4-6,10H,2-3H2,1H3,(H2,15,18)(H,19,20)(H2,16,17,21). The molecule has 21 heavy (non-hydrogen) atoms. The number of carboxylic acids is 1. The van der Waals surface area contributed by atoms with E-state index in [1.807, 2.05) is 13.0 Å². The Hall–Kier alpha value is -2.09. The molecule has 1 aromatic carbocycles. The van der Waals surface area contributed by atoms with Gasteiger partial charge >= 0.3 is 12.0 Å². The highest BCUT2D eigenvalue weighted by molar-refractivity contribution is 9.10. The van der Waals surface area contributed by atoms with Crippen LogP contribution in [-0.2, 0) is 9.59 Å². The molecule has 0 heterocycles. The highest BCUT2D eigenvalue weighted by Crippen LogP contribution is 2.18. The van der Waals surface area contributed by atoms with Crippen molar-refractivity contribution in [3.05, 3.63) is 28.2 Å². The van der Waals surface area contributed by atoms with Crippen molar-refractivity contribution in [2.24, 2.45) is 5.73 Å². The molecule has 1 rings (SSSR count). The van der Waals surface area contributed by atoms with Crippen LogP contribution in [0.3, 0.4) is 0 Å². The first-order valence-electron chi connectivity index (χ1n) is 6.13. The summed E-state index contributed by atoms with van der Waals surface area (Å²) < 4.78 is 0.793. The number of rotatable bonds is 6. The van der Waals surface area contributed by atoms with Crippen LogP contribution in [0.2, 0.25) is 0 Å². The fourth-order valence-electron chi connectivity index (χ4n) is 1.68. The highest BCUT2D eigenvalue weighted by Gasteiger charge is 2.20. The molecule has 114 valence electrons. The van der Waals surface area contributed by atoms with Crippen molar-refractivity contribution in [2.45, 2.75) is 25.8 Å². The molecule has 7 nitrogen and oxygen atoms in total. The Kier molecular flexibility index (Phi) is 6.16. The number of hydrogen-bond acceptors (Lipinski definition) is 3. The number of primary amides is 1. The molecule has 0 aliphatic rings. The van der Waals surface area contributed by atoms with Crippen molar-refractivity contribution >= 4 is 39.5 Å². The Morgan fingerprint density at radius 1 is 1.33 bits per heavy atom. The number of anilines is 1. The van der Waals surface area contributed by atoms with Crippen molar-refractivity contribution in [3.8, 4) is 0 Å². The second kappa shape index (κ2) is 7.63. The van der Waals surface area contributed by atoms with Gasteiger partial charge in [-0.25, -0.2) is 9.59 Å². The topological polar surface area (TPSA) is 122 Å².